The molecule has 0 spiro atoms. The van der Waals surface area contributed by atoms with E-state index in [9.17, 15) is 4.39 Å². The first kappa shape index (κ1) is 12.3. The summed E-state index contributed by atoms with van der Waals surface area (Å²) < 4.78 is 21.3. The van der Waals surface area contributed by atoms with Crippen LogP contribution in [0, 0.1) is 11.7 Å². The largest absolute Gasteiger partial charge is 0.394 e. The van der Waals surface area contributed by atoms with Crippen LogP contribution in [-0.2, 0) is 4.74 Å². The van der Waals surface area contributed by atoms with Crippen molar-refractivity contribution in [2.24, 2.45) is 5.92 Å². The third-order valence-corrected chi connectivity index (χ3v) is 3.52. The van der Waals surface area contributed by atoms with Gasteiger partial charge in [0.2, 0.25) is 0 Å². The molecule has 0 aromatic carbocycles. The number of aliphatic hydroxyl groups excluding tert-OH is 1. The van der Waals surface area contributed by atoms with Crippen molar-refractivity contribution in [1.29, 1.82) is 0 Å². The first-order valence-corrected chi connectivity index (χ1v) is 6.14. The zero-order chi connectivity index (χ0) is 13.6. The van der Waals surface area contributed by atoms with Crippen LogP contribution in [0.4, 0.5) is 10.2 Å². The Morgan fingerprint density at radius 1 is 1.58 bits per heavy atom. The fourth-order valence-electron chi connectivity index (χ4n) is 2.63. The van der Waals surface area contributed by atoms with Crippen molar-refractivity contribution in [3.05, 3.63) is 18.3 Å². The van der Waals surface area contributed by atoms with Crippen LogP contribution < -0.4 is 5.73 Å². The maximum atomic E-state index is 13.9. The SMILES string of the molecule is CC1CC(CO)OC1n1cc(F)c2c(N)ncnc21. The Bertz CT molecular complexity index is 615. The first-order chi connectivity index (χ1) is 9.11. The van der Waals surface area contributed by atoms with Crippen molar-refractivity contribution >= 4 is 16.9 Å². The molecule has 0 aliphatic carbocycles. The highest BCUT2D eigenvalue weighted by molar-refractivity contribution is 5.86. The molecule has 0 bridgehead atoms. The summed E-state index contributed by atoms with van der Waals surface area (Å²) >= 11 is 0. The summed E-state index contributed by atoms with van der Waals surface area (Å²) in [6.45, 7) is 1.95. The van der Waals surface area contributed by atoms with Gasteiger partial charge in [-0.25, -0.2) is 14.4 Å². The summed E-state index contributed by atoms with van der Waals surface area (Å²) in [7, 11) is 0. The van der Waals surface area contributed by atoms with Crippen LogP contribution in [-0.4, -0.2) is 32.4 Å². The molecule has 0 amide bonds. The Hall–Kier alpha value is -1.73. The van der Waals surface area contributed by atoms with Crippen LogP contribution in [0.3, 0.4) is 0 Å². The van der Waals surface area contributed by atoms with E-state index in [-0.39, 0.29) is 36.1 Å². The number of hydrogen-bond acceptors (Lipinski definition) is 5. The molecule has 2 aromatic heterocycles. The lowest BCUT2D eigenvalue weighted by Gasteiger charge is -2.17. The Labute approximate surface area is 109 Å². The Morgan fingerprint density at radius 3 is 3.05 bits per heavy atom. The number of aromatic nitrogens is 3. The molecule has 3 N–H and O–H groups in total. The van der Waals surface area contributed by atoms with Crippen LogP contribution in [0.1, 0.15) is 19.6 Å². The van der Waals surface area contributed by atoms with E-state index in [0.717, 1.165) is 6.42 Å². The lowest BCUT2D eigenvalue weighted by molar-refractivity contribution is -0.0293. The van der Waals surface area contributed by atoms with Gasteiger partial charge in [-0.2, -0.15) is 0 Å². The molecule has 1 aliphatic rings. The minimum Gasteiger partial charge on any atom is -0.394 e. The fraction of sp³-hybridized carbons (Fsp3) is 0.500. The molecule has 0 radical (unpaired) electrons. The van der Waals surface area contributed by atoms with E-state index in [1.54, 1.807) is 4.57 Å². The number of nitrogens with two attached hydrogens (primary N) is 1. The van der Waals surface area contributed by atoms with Gasteiger partial charge in [-0.05, 0) is 6.42 Å². The van der Waals surface area contributed by atoms with Crippen molar-refractivity contribution in [2.45, 2.75) is 25.7 Å². The minimum atomic E-state index is -0.462. The van der Waals surface area contributed by atoms with Gasteiger partial charge in [-0.15, -0.1) is 0 Å². The number of anilines is 1. The lowest BCUT2D eigenvalue weighted by Crippen LogP contribution is -2.15. The predicted octanol–water partition coefficient (Wildman–Crippen LogP) is 1.07. The molecule has 3 heterocycles. The molecule has 7 heteroatoms. The molecule has 3 atom stereocenters. The van der Waals surface area contributed by atoms with Gasteiger partial charge in [0.25, 0.3) is 0 Å². The van der Waals surface area contributed by atoms with Gasteiger partial charge in [0.05, 0.1) is 18.1 Å². The van der Waals surface area contributed by atoms with E-state index in [1.165, 1.54) is 12.5 Å². The summed E-state index contributed by atoms with van der Waals surface area (Å²) in [5.41, 5.74) is 6.09. The molecule has 102 valence electrons. The molecule has 1 saturated heterocycles. The minimum absolute atomic E-state index is 0.0420. The number of nitrogens with zero attached hydrogens (tertiary/aromatic N) is 3. The summed E-state index contributed by atoms with van der Waals surface area (Å²) in [4.78, 5) is 7.87. The van der Waals surface area contributed by atoms with Crippen molar-refractivity contribution in [3.63, 3.8) is 0 Å². The van der Waals surface area contributed by atoms with E-state index in [1.807, 2.05) is 6.92 Å². The van der Waals surface area contributed by atoms with Gasteiger partial charge >= 0.3 is 0 Å². The van der Waals surface area contributed by atoms with Crippen LogP contribution in [0.25, 0.3) is 11.0 Å². The molecule has 0 saturated carbocycles. The van der Waals surface area contributed by atoms with Gasteiger partial charge in [0, 0.05) is 12.1 Å². The molecule has 1 fully saturated rings. The van der Waals surface area contributed by atoms with Crippen molar-refractivity contribution in [2.75, 3.05) is 12.3 Å². The number of ether oxygens (including phenoxy) is 1. The standard InChI is InChI=1S/C12H15FN4O2/c1-6-2-7(4-18)19-12(6)17-3-8(13)9-10(14)15-5-16-11(9)17/h3,5-7,12,18H,2,4H2,1H3,(H2,14,15,16). The molecule has 3 rings (SSSR count). The van der Waals surface area contributed by atoms with Crippen LogP contribution in [0.2, 0.25) is 0 Å². The third-order valence-electron chi connectivity index (χ3n) is 3.52. The van der Waals surface area contributed by atoms with Crippen molar-refractivity contribution in [1.82, 2.24) is 14.5 Å². The van der Waals surface area contributed by atoms with E-state index in [2.05, 4.69) is 9.97 Å². The number of nitrogen functional groups attached to an aromatic ring is 1. The topological polar surface area (TPSA) is 86.2 Å². The van der Waals surface area contributed by atoms with Crippen molar-refractivity contribution < 1.29 is 14.2 Å². The van der Waals surface area contributed by atoms with E-state index in [0.29, 0.717) is 5.65 Å². The highest BCUT2D eigenvalue weighted by Gasteiger charge is 2.34. The summed E-state index contributed by atoms with van der Waals surface area (Å²) in [5.74, 6) is -0.190. The van der Waals surface area contributed by atoms with Crippen LogP contribution in [0.5, 0.6) is 0 Å². The van der Waals surface area contributed by atoms with Gasteiger partial charge in [0.1, 0.15) is 18.4 Å². The molecule has 6 nitrogen and oxygen atoms in total. The average Bonchev–Trinajstić information content (AvgIpc) is 2.91. The predicted molar refractivity (Wildman–Crippen MR) is 66.7 cm³/mol. The second-order valence-electron chi connectivity index (χ2n) is 4.89. The third kappa shape index (κ3) is 1.85. The van der Waals surface area contributed by atoms with E-state index < -0.39 is 5.82 Å². The second-order valence-corrected chi connectivity index (χ2v) is 4.89. The van der Waals surface area contributed by atoms with Gasteiger partial charge in [-0.3, -0.25) is 0 Å². The number of rotatable bonds is 2. The van der Waals surface area contributed by atoms with Gasteiger partial charge in [-0.1, -0.05) is 6.92 Å². The van der Waals surface area contributed by atoms with Crippen LogP contribution in [0.15, 0.2) is 12.5 Å². The van der Waals surface area contributed by atoms with E-state index in [4.69, 9.17) is 15.6 Å². The van der Waals surface area contributed by atoms with Gasteiger partial charge in [0.15, 0.2) is 11.5 Å². The normalized spacial score (nSPS) is 27.2. The molecule has 1 aliphatic heterocycles. The Balaban J connectivity index is 2.09. The summed E-state index contributed by atoms with van der Waals surface area (Å²) in [5, 5.41) is 9.37. The zero-order valence-corrected chi connectivity index (χ0v) is 10.5. The maximum absolute atomic E-state index is 13.9. The molecular formula is C12H15FN4O2. The van der Waals surface area contributed by atoms with Crippen molar-refractivity contribution in [3.8, 4) is 0 Å². The fourth-order valence-corrected chi connectivity index (χ4v) is 2.63. The molecule has 2 aromatic rings. The number of fused-ring (bicyclic) bond motifs is 1. The zero-order valence-electron chi connectivity index (χ0n) is 10.5. The maximum Gasteiger partial charge on any atom is 0.154 e. The van der Waals surface area contributed by atoms with Gasteiger partial charge < -0.3 is 20.1 Å². The monoisotopic (exact) mass is 266 g/mol. The number of hydrogen-bond donors (Lipinski definition) is 2. The van der Waals surface area contributed by atoms with E-state index >= 15 is 0 Å². The summed E-state index contributed by atoms with van der Waals surface area (Å²) in [6, 6.07) is 0. The Kier molecular flexibility index (Phi) is 2.87. The number of aliphatic hydroxyl groups is 1. The lowest BCUT2D eigenvalue weighted by atomic mass is 10.1. The first-order valence-electron chi connectivity index (χ1n) is 6.14. The Morgan fingerprint density at radius 2 is 2.37 bits per heavy atom. The smallest absolute Gasteiger partial charge is 0.154 e. The highest BCUT2D eigenvalue weighted by atomic mass is 19.1. The molecule has 3 unspecified atom stereocenters. The quantitative estimate of drug-likeness (QED) is 0.849. The second kappa shape index (κ2) is 4.43. The summed E-state index contributed by atoms with van der Waals surface area (Å²) in [6.07, 6.45) is 2.79. The molecule has 19 heavy (non-hydrogen) atoms. The average molecular weight is 266 g/mol. The molecular weight excluding hydrogens is 251 g/mol. The van der Waals surface area contributed by atoms with Crippen LogP contribution >= 0.6 is 0 Å². The number of halogens is 1. The highest BCUT2D eigenvalue weighted by Crippen LogP contribution is 2.37.